The number of hydrogen-bond donors (Lipinski definition) is 0. The van der Waals surface area contributed by atoms with Gasteiger partial charge in [0.15, 0.2) is 0 Å². The molecule has 5 heteroatoms. The van der Waals surface area contributed by atoms with Gasteiger partial charge < -0.3 is 0 Å². The number of aliphatic imine (C=N–C) groups is 1. The fourth-order valence-electron chi connectivity index (χ4n) is 1.33. The first-order valence-corrected chi connectivity index (χ1v) is 6.08. The maximum Gasteiger partial charge on any atom is 0.228 e. The van der Waals surface area contributed by atoms with Gasteiger partial charge in [-0.05, 0) is 28.8 Å². The predicted molar refractivity (Wildman–Crippen MR) is 50.7 cm³/mol. The van der Waals surface area contributed by atoms with Crippen LogP contribution in [0.4, 0.5) is 0 Å². The van der Waals surface area contributed by atoms with Gasteiger partial charge in [-0.25, -0.2) is 13.4 Å². The molecule has 2 rings (SSSR count). The van der Waals surface area contributed by atoms with Gasteiger partial charge in [0.05, 0.1) is 6.20 Å². The molecule has 66 valence electrons. The Labute approximate surface area is 79.6 Å². The minimum Gasteiger partial charge on any atom is -0.247 e. The molecule has 0 spiro atoms. The van der Waals surface area contributed by atoms with Gasteiger partial charge in [-0.15, -0.1) is 0 Å². The largest absolute Gasteiger partial charge is 0.247 e. The van der Waals surface area contributed by atoms with Gasteiger partial charge in [0.25, 0.3) is 0 Å². The molecule has 0 unspecified atom stereocenters. The van der Waals surface area contributed by atoms with Gasteiger partial charge in [-0.2, -0.15) is 0 Å². The zero-order valence-corrected chi connectivity index (χ0v) is 8.73. The van der Waals surface area contributed by atoms with Crippen LogP contribution in [0.15, 0.2) is 15.0 Å². The highest BCUT2D eigenvalue weighted by Gasteiger charge is 2.36. The van der Waals surface area contributed by atoms with E-state index in [9.17, 15) is 8.42 Å². The lowest BCUT2D eigenvalue weighted by atomic mass is 9.86. The molecule has 0 aromatic rings. The molecular weight excluding hydrogens is 242 g/mol. The molecule has 0 aromatic heterocycles. The monoisotopic (exact) mass is 249 g/mol. The molecule has 0 aromatic carbocycles. The second kappa shape index (κ2) is 2.67. The first kappa shape index (κ1) is 8.44. The summed E-state index contributed by atoms with van der Waals surface area (Å²) in [6, 6.07) is 0. The van der Waals surface area contributed by atoms with E-state index in [1.807, 2.05) is 0 Å². The van der Waals surface area contributed by atoms with Crippen molar-refractivity contribution in [2.24, 2.45) is 10.9 Å². The summed E-state index contributed by atoms with van der Waals surface area (Å²) in [6.07, 6.45) is 4.43. The summed E-state index contributed by atoms with van der Waals surface area (Å²) in [4.78, 5) is 3.91. The van der Waals surface area contributed by atoms with Crippen molar-refractivity contribution in [3.05, 3.63) is 10.0 Å². The third-order valence-electron chi connectivity index (χ3n) is 2.28. The van der Waals surface area contributed by atoms with Gasteiger partial charge in [-0.3, -0.25) is 0 Å². The highest BCUT2D eigenvalue weighted by atomic mass is 79.9. The Morgan fingerprint density at radius 1 is 1.50 bits per heavy atom. The number of halogens is 1. The van der Waals surface area contributed by atoms with Gasteiger partial charge in [0.1, 0.15) is 8.86 Å². The van der Waals surface area contributed by atoms with E-state index < -0.39 is 9.84 Å². The predicted octanol–water partition coefficient (Wildman–Crippen LogP) is 1.81. The van der Waals surface area contributed by atoms with Crippen LogP contribution in [0.5, 0.6) is 0 Å². The molecule has 1 saturated carbocycles. The van der Waals surface area contributed by atoms with Crippen molar-refractivity contribution in [2.45, 2.75) is 19.3 Å². The molecule has 1 aliphatic heterocycles. The Morgan fingerprint density at radius 2 is 2.17 bits per heavy atom. The van der Waals surface area contributed by atoms with Crippen molar-refractivity contribution in [3.63, 3.8) is 0 Å². The molecule has 0 amide bonds. The van der Waals surface area contributed by atoms with Crippen LogP contribution in [-0.4, -0.2) is 13.5 Å². The lowest BCUT2D eigenvalue weighted by Crippen LogP contribution is -2.27. The molecule has 12 heavy (non-hydrogen) atoms. The van der Waals surface area contributed by atoms with Crippen molar-refractivity contribution in [2.75, 3.05) is 0 Å². The maximum absolute atomic E-state index is 11.5. The Balaban J connectivity index is 2.32. The van der Waals surface area contributed by atoms with Crippen LogP contribution in [0.1, 0.15) is 19.3 Å². The number of hydrogen-bond acceptors (Lipinski definition) is 3. The standard InChI is InChI=1S/C7H8BrNO2S/c8-6-4-9-7(12(6,10)11)5-2-1-3-5/h4-5H,1-3H2. The van der Waals surface area contributed by atoms with Crippen LogP contribution >= 0.6 is 15.9 Å². The van der Waals surface area contributed by atoms with E-state index in [1.165, 1.54) is 6.20 Å². The normalized spacial score (nSPS) is 27.8. The van der Waals surface area contributed by atoms with E-state index in [-0.39, 0.29) is 9.73 Å². The fourth-order valence-corrected chi connectivity index (χ4v) is 3.19. The molecule has 3 nitrogen and oxygen atoms in total. The van der Waals surface area contributed by atoms with Crippen molar-refractivity contribution in [1.29, 1.82) is 0 Å². The molecule has 0 bridgehead atoms. The van der Waals surface area contributed by atoms with Crippen LogP contribution in [0.2, 0.25) is 0 Å². The summed E-state index contributed by atoms with van der Waals surface area (Å²) in [7, 11) is -3.20. The van der Waals surface area contributed by atoms with E-state index in [0.717, 1.165) is 19.3 Å². The lowest BCUT2D eigenvalue weighted by molar-refractivity contribution is 0.417. The first-order chi connectivity index (χ1) is 5.62. The molecule has 1 aliphatic carbocycles. The number of sulfone groups is 1. The summed E-state index contributed by atoms with van der Waals surface area (Å²) >= 11 is 2.98. The molecule has 1 heterocycles. The topological polar surface area (TPSA) is 46.5 Å². The molecule has 1 fully saturated rings. The molecule has 0 atom stereocenters. The van der Waals surface area contributed by atoms with E-state index in [4.69, 9.17) is 0 Å². The van der Waals surface area contributed by atoms with Crippen molar-refractivity contribution < 1.29 is 8.42 Å². The smallest absolute Gasteiger partial charge is 0.228 e. The van der Waals surface area contributed by atoms with Crippen molar-refractivity contribution in [3.8, 4) is 0 Å². The van der Waals surface area contributed by atoms with E-state index in [2.05, 4.69) is 20.9 Å². The zero-order valence-electron chi connectivity index (χ0n) is 6.33. The molecular formula is C7H8BrNO2S. The Kier molecular flexibility index (Phi) is 1.88. The first-order valence-electron chi connectivity index (χ1n) is 3.81. The second-order valence-corrected chi connectivity index (χ2v) is 6.28. The summed E-state index contributed by atoms with van der Waals surface area (Å²) < 4.78 is 23.2. The molecule has 0 radical (unpaired) electrons. The second-order valence-electron chi connectivity index (χ2n) is 3.03. The van der Waals surface area contributed by atoms with Crippen LogP contribution in [-0.2, 0) is 9.84 Å². The number of nitrogens with zero attached hydrogens (tertiary/aromatic N) is 1. The van der Waals surface area contributed by atoms with Crippen LogP contribution in [0.25, 0.3) is 0 Å². The van der Waals surface area contributed by atoms with Gasteiger partial charge in [-0.1, -0.05) is 6.42 Å². The minimum absolute atomic E-state index is 0.182. The molecule has 0 saturated heterocycles. The number of rotatable bonds is 1. The average molecular weight is 250 g/mol. The van der Waals surface area contributed by atoms with Crippen LogP contribution in [0, 0.1) is 5.92 Å². The SMILES string of the molecule is O=S1(=O)C(Br)=CN=C1C1CCC1. The Morgan fingerprint density at radius 3 is 2.50 bits per heavy atom. The summed E-state index contributed by atoms with van der Waals surface area (Å²) in [5.74, 6) is 0.182. The highest BCUT2D eigenvalue weighted by molar-refractivity contribution is 9.14. The fraction of sp³-hybridized carbons (Fsp3) is 0.571. The molecule has 0 N–H and O–H groups in total. The highest BCUT2D eigenvalue weighted by Crippen LogP contribution is 2.35. The van der Waals surface area contributed by atoms with E-state index in [1.54, 1.807) is 0 Å². The van der Waals surface area contributed by atoms with Crippen LogP contribution in [0.3, 0.4) is 0 Å². The minimum atomic E-state index is -3.20. The average Bonchev–Trinajstić information content (AvgIpc) is 2.12. The summed E-state index contributed by atoms with van der Waals surface area (Å²) in [5, 5.41) is 0.362. The van der Waals surface area contributed by atoms with E-state index in [0.29, 0.717) is 5.04 Å². The van der Waals surface area contributed by atoms with Gasteiger partial charge in [0, 0.05) is 5.92 Å². The molecule has 2 aliphatic rings. The third-order valence-corrected chi connectivity index (χ3v) is 5.37. The zero-order chi connectivity index (χ0) is 8.77. The Hall–Kier alpha value is -0.160. The lowest BCUT2D eigenvalue weighted by Gasteiger charge is -2.24. The maximum atomic E-state index is 11.5. The van der Waals surface area contributed by atoms with Gasteiger partial charge >= 0.3 is 0 Å². The van der Waals surface area contributed by atoms with E-state index >= 15 is 0 Å². The third kappa shape index (κ3) is 1.07. The summed E-state index contributed by atoms with van der Waals surface area (Å²) in [5.41, 5.74) is 0. The van der Waals surface area contributed by atoms with Gasteiger partial charge in [0.2, 0.25) is 9.84 Å². The van der Waals surface area contributed by atoms with Crippen molar-refractivity contribution in [1.82, 2.24) is 0 Å². The Bertz CT molecular complexity index is 365. The quantitative estimate of drug-likeness (QED) is 0.712. The summed E-state index contributed by atoms with van der Waals surface area (Å²) in [6.45, 7) is 0. The van der Waals surface area contributed by atoms with Crippen LogP contribution < -0.4 is 0 Å². The van der Waals surface area contributed by atoms with Crippen molar-refractivity contribution >= 4 is 30.8 Å².